The maximum absolute atomic E-state index is 11.6. The summed E-state index contributed by atoms with van der Waals surface area (Å²) in [5, 5.41) is 11.8. The lowest BCUT2D eigenvalue weighted by atomic mass is 9.74. The summed E-state index contributed by atoms with van der Waals surface area (Å²) in [6.07, 6.45) is 0.216. The molecular formula is C14H17NO3. The molecule has 0 aromatic heterocycles. The lowest BCUT2D eigenvalue weighted by Crippen LogP contribution is -2.45. The first-order valence-corrected chi connectivity index (χ1v) is 5.94. The van der Waals surface area contributed by atoms with Crippen molar-refractivity contribution in [1.29, 1.82) is 0 Å². The Balaban J connectivity index is 2.52. The molecule has 1 aromatic rings. The number of carboxylic acids is 1. The summed E-state index contributed by atoms with van der Waals surface area (Å²) < 4.78 is 0. The van der Waals surface area contributed by atoms with Crippen LogP contribution in [-0.4, -0.2) is 23.0 Å². The van der Waals surface area contributed by atoms with E-state index in [1.54, 1.807) is 0 Å². The zero-order valence-corrected chi connectivity index (χ0v) is 10.8. The average Bonchev–Trinajstić information content (AvgIpc) is 2.54. The molecular weight excluding hydrogens is 230 g/mol. The molecule has 96 valence electrons. The first kappa shape index (κ1) is 12.6. The minimum Gasteiger partial charge on any atom is -0.480 e. The number of aliphatic carboxylic acids is 1. The Morgan fingerprint density at radius 2 is 2.11 bits per heavy atom. The largest absolute Gasteiger partial charge is 0.480 e. The lowest BCUT2D eigenvalue weighted by molar-refractivity contribution is -0.141. The Kier molecular flexibility index (Phi) is 2.89. The molecule has 1 heterocycles. The predicted octanol–water partition coefficient (Wildman–Crippen LogP) is 1.53. The second kappa shape index (κ2) is 4.12. The fraction of sp³-hybridized carbons (Fsp3) is 0.429. The number of benzene rings is 1. The van der Waals surface area contributed by atoms with Crippen LogP contribution in [0.3, 0.4) is 0 Å². The Morgan fingerprint density at radius 3 is 2.67 bits per heavy atom. The van der Waals surface area contributed by atoms with Crippen molar-refractivity contribution in [3.8, 4) is 0 Å². The first-order chi connectivity index (χ1) is 8.34. The minimum atomic E-state index is -0.983. The molecule has 1 aromatic carbocycles. The molecule has 0 spiro atoms. The molecule has 1 aliphatic rings. The van der Waals surface area contributed by atoms with Crippen molar-refractivity contribution >= 4 is 11.9 Å². The molecule has 1 aliphatic heterocycles. The SMILES string of the molecule is Cc1ccc(C2(C)CC(=O)NC2C(=O)O)c(C)c1. The molecule has 2 rings (SSSR count). The molecule has 0 bridgehead atoms. The number of carboxylic acid groups (broad SMARTS) is 1. The number of hydrogen-bond donors (Lipinski definition) is 2. The normalized spacial score (nSPS) is 27.1. The van der Waals surface area contributed by atoms with Crippen LogP contribution in [0.4, 0.5) is 0 Å². The molecule has 1 amide bonds. The topological polar surface area (TPSA) is 66.4 Å². The Morgan fingerprint density at radius 1 is 1.44 bits per heavy atom. The smallest absolute Gasteiger partial charge is 0.327 e. The van der Waals surface area contributed by atoms with Crippen LogP contribution in [0.25, 0.3) is 0 Å². The van der Waals surface area contributed by atoms with E-state index in [1.165, 1.54) is 0 Å². The number of aryl methyl sites for hydroxylation is 2. The molecule has 2 unspecified atom stereocenters. The Bertz CT molecular complexity index is 524. The van der Waals surface area contributed by atoms with Crippen LogP contribution < -0.4 is 5.32 Å². The summed E-state index contributed by atoms with van der Waals surface area (Å²) in [7, 11) is 0. The van der Waals surface area contributed by atoms with Gasteiger partial charge in [-0.05, 0) is 25.0 Å². The van der Waals surface area contributed by atoms with Crippen LogP contribution in [0.15, 0.2) is 18.2 Å². The monoisotopic (exact) mass is 247 g/mol. The van der Waals surface area contributed by atoms with Gasteiger partial charge < -0.3 is 10.4 Å². The van der Waals surface area contributed by atoms with Gasteiger partial charge in [0.25, 0.3) is 0 Å². The summed E-state index contributed by atoms with van der Waals surface area (Å²) in [5.74, 6) is -1.19. The van der Waals surface area contributed by atoms with Crippen LogP contribution in [-0.2, 0) is 15.0 Å². The van der Waals surface area contributed by atoms with E-state index < -0.39 is 17.4 Å². The van der Waals surface area contributed by atoms with Crippen LogP contribution in [0.5, 0.6) is 0 Å². The second-order valence-electron chi connectivity index (χ2n) is 5.25. The van der Waals surface area contributed by atoms with Crippen molar-refractivity contribution in [2.75, 3.05) is 0 Å². The molecule has 1 fully saturated rings. The molecule has 4 heteroatoms. The number of nitrogens with one attached hydrogen (secondary N) is 1. The molecule has 18 heavy (non-hydrogen) atoms. The lowest BCUT2D eigenvalue weighted by Gasteiger charge is -2.29. The van der Waals surface area contributed by atoms with Crippen LogP contribution in [0.2, 0.25) is 0 Å². The van der Waals surface area contributed by atoms with E-state index in [0.29, 0.717) is 0 Å². The van der Waals surface area contributed by atoms with E-state index in [1.807, 2.05) is 39.0 Å². The summed E-state index contributed by atoms with van der Waals surface area (Å²) in [5.41, 5.74) is 2.41. The highest BCUT2D eigenvalue weighted by molar-refractivity contribution is 5.91. The van der Waals surface area contributed by atoms with E-state index in [9.17, 15) is 14.7 Å². The molecule has 2 atom stereocenters. The second-order valence-corrected chi connectivity index (χ2v) is 5.25. The van der Waals surface area contributed by atoms with Gasteiger partial charge in [0.2, 0.25) is 5.91 Å². The maximum Gasteiger partial charge on any atom is 0.327 e. The number of rotatable bonds is 2. The van der Waals surface area contributed by atoms with Crippen LogP contribution in [0, 0.1) is 13.8 Å². The van der Waals surface area contributed by atoms with Crippen molar-refractivity contribution in [1.82, 2.24) is 5.32 Å². The van der Waals surface area contributed by atoms with Gasteiger partial charge in [-0.3, -0.25) is 4.79 Å². The molecule has 0 saturated carbocycles. The highest BCUT2D eigenvalue weighted by atomic mass is 16.4. The van der Waals surface area contributed by atoms with Gasteiger partial charge >= 0.3 is 5.97 Å². The highest BCUT2D eigenvalue weighted by Gasteiger charge is 2.49. The highest BCUT2D eigenvalue weighted by Crippen LogP contribution is 2.37. The average molecular weight is 247 g/mol. The zero-order valence-electron chi connectivity index (χ0n) is 10.8. The molecule has 2 N–H and O–H groups in total. The third-order valence-corrected chi connectivity index (χ3v) is 3.71. The number of hydrogen-bond acceptors (Lipinski definition) is 2. The summed E-state index contributed by atoms with van der Waals surface area (Å²) in [4.78, 5) is 22.9. The Labute approximate surface area is 106 Å². The predicted molar refractivity (Wildman–Crippen MR) is 67.5 cm³/mol. The van der Waals surface area contributed by atoms with Gasteiger partial charge in [-0.2, -0.15) is 0 Å². The first-order valence-electron chi connectivity index (χ1n) is 5.94. The fourth-order valence-electron chi connectivity index (χ4n) is 2.85. The van der Waals surface area contributed by atoms with Gasteiger partial charge in [0.05, 0.1) is 0 Å². The molecule has 1 saturated heterocycles. The number of carbonyl (C=O) groups is 2. The van der Waals surface area contributed by atoms with Gasteiger partial charge in [0.15, 0.2) is 0 Å². The van der Waals surface area contributed by atoms with Crippen LogP contribution in [0.1, 0.15) is 30.0 Å². The zero-order chi connectivity index (χ0) is 13.5. The van der Waals surface area contributed by atoms with Crippen molar-refractivity contribution in [3.05, 3.63) is 34.9 Å². The molecule has 4 nitrogen and oxygen atoms in total. The van der Waals surface area contributed by atoms with E-state index in [4.69, 9.17) is 0 Å². The van der Waals surface area contributed by atoms with Gasteiger partial charge in [0.1, 0.15) is 6.04 Å². The van der Waals surface area contributed by atoms with Gasteiger partial charge in [-0.1, -0.05) is 30.7 Å². The van der Waals surface area contributed by atoms with Crippen molar-refractivity contribution in [2.45, 2.75) is 38.6 Å². The standard InChI is InChI=1S/C14H17NO3/c1-8-4-5-10(9(2)6-8)14(3)7-11(16)15-12(14)13(17)18/h4-6,12H,7H2,1-3H3,(H,15,16)(H,17,18). The van der Waals surface area contributed by atoms with Gasteiger partial charge in [-0.15, -0.1) is 0 Å². The van der Waals surface area contributed by atoms with E-state index in [0.717, 1.165) is 16.7 Å². The van der Waals surface area contributed by atoms with Gasteiger partial charge in [0, 0.05) is 11.8 Å². The van der Waals surface area contributed by atoms with Gasteiger partial charge in [-0.25, -0.2) is 4.79 Å². The molecule has 0 radical (unpaired) electrons. The van der Waals surface area contributed by atoms with Crippen molar-refractivity contribution in [3.63, 3.8) is 0 Å². The van der Waals surface area contributed by atoms with Crippen molar-refractivity contribution < 1.29 is 14.7 Å². The third kappa shape index (κ3) is 1.88. The number of carbonyl (C=O) groups excluding carboxylic acids is 1. The maximum atomic E-state index is 11.6. The number of amides is 1. The van der Waals surface area contributed by atoms with E-state index in [-0.39, 0.29) is 12.3 Å². The minimum absolute atomic E-state index is 0.204. The summed E-state index contributed by atoms with van der Waals surface area (Å²) >= 11 is 0. The van der Waals surface area contributed by atoms with Crippen LogP contribution >= 0.6 is 0 Å². The fourth-order valence-corrected chi connectivity index (χ4v) is 2.85. The van der Waals surface area contributed by atoms with E-state index >= 15 is 0 Å². The summed E-state index contributed by atoms with van der Waals surface area (Å²) in [6.45, 7) is 5.78. The third-order valence-electron chi connectivity index (χ3n) is 3.71. The van der Waals surface area contributed by atoms with Crippen molar-refractivity contribution in [2.24, 2.45) is 0 Å². The quantitative estimate of drug-likeness (QED) is 0.833. The van der Waals surface area contributed by atoms with E-state index in [2.05, 4.69) is 5.32 Å². The Hall–Kier alpha value is -1.84. The molecule has 0 aliphatic carbocycles. The summed E-state index contributed by atoms with van der Waals surface area (Å²) in [6, 6.07) is 5.05.